The van der Waals surface area contributed by atoms with Gasteiger partial charge in [-0.1, -0.05) is 145 Å². The molecule has 340 valence electrons. The van der Waals surface area contributed by atoms with Gasteiger partial charge in [-0.05, 0) is 148 Å². The zero-order chi connectivity index (χ0) is 46.8. The zero-order valence-electron chi connectivity index (χ0n) is 40.9. The minimum absolute atomic E-state index is 0.0195. The van der Waals surface area contributed by atoms with Crippen molar-refractivity contribution in [3.63, 3.8) is 0 Å². The second-order valence-corrected chi connectivity index (χ2v) is 21.5. The lowest BCUT2D eigenvalue weighted by atomic mass is 9.43. The fourth-order valence-corrected chi connectivity index (χ4v) is 12.4. The van der Waals surface area contributed by atoms with Crippen LogP contribution in [0.15, 0.2) is 160 Å². The van der Waals surface area contributed by atoms with Gasteiger partial charge in [-0.15, -0.1) is 0 Å². The number of furan rings is 2. The molecule has 0 N–H and O–H groups in total. The van der Waals surface area contributed by atoms with Crippen molar-refractivity contribution in [3.8, 4) is 22.3 Å². The van der Waals surface area contributed by atoms with E-state index in [4.69, 9.17) is 8.83 Å². The van der Waals surface area contributed by atoms with E-state index in [1.807, 2.05) is 0 Å². The average Bonchev–Trinajstić information content (AvgIpc) is 3.94. The van der Waals surface area contributed by atoms with Crippen LogP contribution >= 0.6 is 0 Å². The molecule has 1 aliphatic carbocycles. The Balaban J connectivity index is 1.21. The predicted octanol–water partition coefficient (Wildman–Crippen LogP) is 16.9. The molecule has 2 aliphatic heterocycles. The van der Waals surface area contributed by atoms with Gasteiger partial charge in [-0.3, -0.25) is 0 Å². The van der Waals surface area contributed by atoms with Crippen molar-refractivity contribution < 1.29 is 8.83 Å². The standard InChI is InChI=1S/C64H59BN2O2/c1-7-9-18-40-26-29-43(30-27-40)67-55-38-52-51(63(3,4)32-33-64(52,5)6)36-47(55)49-35-50-45-23-15-17-25-58(45)69-62(50)61-60(49)65(67)53-37-48-44-22-14-16-24-57(44)68-59(48)39-56(53)66(61)54-31-28-41(19-10-8-2)34-46(54)42-20-12-11-13-21-42/h11-17,20-31,34-39H,7-10,18-19,32-33H2,1-6H3. The van der Waals surface area contributed by atoms with Crippen LogP contribution in [0.3, 0.4) is 0 Å². The molecule has 2 aromatic heterocycles. The second-order valence-electron chi connectivity index (χ2n) is 21.5. The van der Waals surface area contributed by atoms with Crippen molar-refractivity contribution in [2.75, 3.05) is 9.71 Å². The molecule has 5 heteroatoms. The maximum atomic E-state index is 7.30. The lowest BCUT2D eigenvalue weighted by molar-refractivity contribution is 0.332. The lowest BCUT2D eigenvalue weighted by Crippen LogP contribution is -2.61. The molecule has 0 bridgehead atoms. The molecular weight excluding hydrogens is 840 g/mol. The lowest BCUT2D eigenvalue weighted by Gasteiger charge is -2.48. The van der Waals surface area contributed by atoms with Gasteiger partial charge in [0.2, 0.25) is 0 Å². The Bertz CT molecular complexity index is 3670. The van der Waals surface area contributed by atoms with Gasteiger partial charge in [0.1, 0.15) is 16.7 Å². The second kappa shape index (κ2) is 15.8. The average molecular weight is 899 g/mol. The highest BCUT2D eigenvalue weighted by atomic mass is 16.3. The SMILES string of the molecule is CCCCc1ccc(N2B3c4cc5c(cc4N(c4ccc(CCCC)cc4-c4ccccc4)c4c3c(cc3c4oc4ccccc43)-c3cc4c(cc32)C(C)(C)CCC4(C)C)oc2ccccc25)cc1. The van der Waals surface area contributed by atoms with E-state index in [1.165, 1.54) is 79.6 Å². The number of nitrogens with zero attached hydrogens (tertiary/aromatic N) is 2. The molecule has 0 saturated heterocycles. The third-order valence-electron chi connectivity index (χ3n) is 16.3. The van der Waals surface area contributed by atoms with Gasteiger partial charge < -0.3 is 18.5 Å². The summed E-state index contributed by atoms with van der Waals surface area (Å²) in [4.78, 5) is 5.27. The number of hydrogen-bond donors (Lipinski definition) is 0. The van der Waals surface area contributed by atoms with Crippen LogP contribution < -0.4 is 20.6 Å². The molecule has 0 fully saturated rings. The van der Waals surface area contributed by atoms with E-state index in [2.05, 4.69) is 203 Å². The zero-order valence-corrected chi connectivity index (χ0v) is 40.9. The van der Waals surface area contributed by atoms with Gasteiger partial charge >= 0.3 is 6.85 Å². The number of hydrogen-bond acceptors (Lipinski definition) is 4. The van der Waals surface area contributed by atoms with Crippen molar-refractivity contribution in [1.82, 2.24) is 0 Å². The van der Waals surface area contributed by atoms with E-state index in [1.54, 1.807) is 0 Å². The summed E-state index contributed by atoms with van der Waals surface area (Å²) in [5, 5.41) is 4.53. The van der Waals surface area contributed by atoms with Gasteiger partial charge in [-0.2, -0.15) is 0 Å². The van der Waals surface area contributed by atoms with Crippen LogP contribution in [0.25, 0.3) is 66.1 Å². The molecule has 4 heterocycles. The molecule has 10 aromatic rings. The fraction of sp³-hybridized carbons (Fsp3) is 0.250. The maximum absolute atomic E-state index is 7.30. The van der Waals surface area contributed by atoms with Crippen LogP contribution in [0.2, 0.25) is 0 Å². The summed E-state index contributed by atoms with van der Waals surface area (Å²) in [7, 11) is 0. The highest BCUT2D eigenvalue weighted by Gasteiger charge is 2.49. The molecule has 0 saturated carbocycles. The Kier molecular flexibility index (Phi) is 9.64. The smallest absolute Gasteiger partial charge is 0.333 e. The van der Waals surface area contributed by atoms with Crippen LogP contribution in [0.1, 0.15) is 102 Å². The summed E-state index contributed by atoms with van der Waals surface area (Å²) in [6.07, 6.45) is 9.05. The van der Waals surface area contributed by atoms with E-state index >= 15 is 0 Å². The Labute approximate surface area is 406 Å². The largest absolute Gasteiger partial charge is 0.456 e. The minimum atomic E-state index is -0.201. The Morgan fingerprint density at radius 2 is 1.14 bits per heavy atom. The van der Waals surface area contributed by atoms with Gasteiger partial charge in [0.05, 0.1) is 11.4 Å². The first-order valence-electron chi connectivity index (χ1n) is 25.6. The molecule has 0 spiro atoms. The van der Waals surface area contributed by atoms with Crippen LogP contribution in [0.5, 0.6) is 0 Å². The summed E-state index contributed by atoms with van der Waals surface area (Å²) in [6, 6.07) is 57.5. The summed E-state index contributed by atoms with van der Waals surface area (Å²) < 4.78 is 14.2. The van der Waals surface area contributed by atoms with E-state index in [0.29, 0.717) is 0 Å². The molecule has 0 amide bonds. The van der Waals surface area contributed by atoms with Crippen molar-refractivity contribution in [2.45, 2.75) is 104 Å². The minimum Gasteiger partial charge on any atom is -0.456 e. The monoisotopic (exact) mass is 898 g/mol. The first kappa shape index (κ1) is 42.2. The van der Waals surface area contributed by atoms with Gasteiger partial charge in [0, 0.05) is 55.8 Å². The summed E-state index contributed by atoms with van der Waals surface area (Å²) >= 11 is 0. The summed E-state index contributed by atoms with van der Waals surface area (Å²) in [5.41, 5.74) is 22.5. The quantitative estimate of drug-likeness (QED) is 0.135. The van der Waals surface area contributed by atoms with Gasteiger partial charge in [0.15, 0.2) is 5.58 Å². The van der Waals surface area contributed by atoms with Crippen LogP contribution in [-0.4, -0.2) is 6.85 Å². The topological polar surface area (TPSA) is 32.8 Å². The number of aryl methyl sites for hydroxylation is 2. The van der Waals surface area contributed by atoms with Gasteiger partial charge in [-0.25, -0.2) is 0 Å². The van der Waals surface area contributed by atoms with Crippen molar-refractivity contribution in [3.05, 3.63) is 174 Å². The molecule has 3 aliphatic rings. The third-order valence-corrected chi connectivity index (χ3v) is 16.3. The Hall–Kier alpha value is -6.98. The van der Waals surface area contributed by atoms with E-state index in [-0.39, 0.29) is 17.7 Å². The number of benzene rings is 8. The predicted molar refractivity (Wildman–Crippen MR) is 293 cm³/mol. The Morgan fingerprint density at radius 1 is 0.507 bits per heavy atom. The number of unbranched alkanes of at least 4 members (excludes halogenated alkanes) is 2. The molecule has 0 unspecified atom stereocenters. The molecule has 4 nitrogen and oxygen atoms in total. The third kappa shape index (κ3) is 6.49. The molecule has 0 atom stereocenters. The molecule has 69 heavy (non-hydrogen) atoms. The van der Waals surface area contributed by atoms with Crippen LogP contribution in [0.4, 0.5) is 28.4 Å². The molecule has 0 radical (unpaired) electrons. The molecular formula is C64H59BN2O2. The number of para-hydroxylation sites is 2. The number of rotatable bonds is 9. The van der Waals surface area contributed by atoms with Crippen molar-refractivity contribution in [2.24, 2.45) is 0 Å². The number of fused-ring (bicyclic) bond motifs is 12. The van der Waals surface area contributed by atoms with E-state index < -0.39 is 0 Å². The normalized spacial score (nSPS) is 15.5. The van der Waals surface area contributed by atoms with Gasteiger partial charge in [0.25, 0.3) is 0 Å². The molecule has 8 aromatic carbocycles. The van der Waals surface area contributed by atoms with Crippen LogP contribution in [-0.2, 0) is 23.7 Å². The maximum Gasteiger partial charge on any atom is 0.333 e. The summed E-state index contributed by atoms with van der Waals surface area (Å²) in [5.74, 6) is 0. The van der Waals surface area contributed by atoms with E-state index in [0.717, 1.165) is 99.5 Å². The summed E-state index contributed by atoms with van der Waals surface area (Å²) in [6.45, 7) is 14.2. The van der Waals surface area contributed by atoms with Crippen LogP contribution in [0, 0.1) is 0 Å². The highest BCUT2D eigenvalue weighted by molar-refractivity contribution is 6.94. The first-order chi connectivity index (χ1) is 33.6. The fourth-order valence-electron chi connectivity index (χ4n) is 12.4. The molecule has 13 rings (SSSR count). The first-order valence-corrected chi connectivity index (χ1v) is 25.6. The highest BCUT2D eigenvalue weighted by Crippen LogP contribution is 2.56. The Morgan fingerprint density at radius 3 is 1.87 bits per heavy atom. The van der Waals surface area contributed by atoms with E-state index in [9.17, 15) is 0 Å². The van der Waals surface area contributed by atoms with Crippen molar-refractivity contribution in [1.29, 1.82) is 0 Å². The number of anilines is 5. The van der Waals surface area contributed by atoms with Crippen molar-refractivity contribution >= 4 is 90.1 Å².